The monoisotopic (exact) mass is 392 g/mol. The lowest BCUT2D eigenvalue weighted by Gasteiger charge is -2.38. The molecule has 3 heteroatoms. The molecule has 2 aromatic carbocycles. The molecule has 0 unspecified atom stereocenters. The molecule has 3 rings (SSSR count). The van der Waals surface area contributed by atoms with Crippen LogP contribution in [0.4, 0.5) is 0 Å². The predicted molar refractivity (Wildman–Crippen MR) is 117 cm³/mol. The molecule has 0 radical (unpaired) electrons. The molecule has 0 bridgehead atoms. The molecule has 29 heavy (non-hydrogen) atoms. The van der Waals surface area contributed by atoms with Gasteiger partial charge in [0, 0.05) is 12.3 Å². The average Bonchev–Trinajstić information content (AvgIpc) is 2.70. The van der Waals surface area contributed by atoms with Crippen molar-refractivity contribution in [3.63, 3.8) is 0 Å². The van der Waals surface area contributed by atoms with Crippen LogP contribution in [0.1, 0.15) is 68.6 Å². The summed E-state index contributed by atoms with van der Waals surface area (Å²) in [6.07, 6.45) is 4.34. The van der Waals surface area contributed by atoms with Gasteiger partial charge in [-0.3, -0.25) is 0 Å². The molecule has 0 saturated carbocycles. The lowest BCUT2D eigenvalue weighted by molar-refractivity contribution is -0.161. The average molecular weight is 393 g/mol. The Labute approximate surface area is 174 Å². The number of cyclic esters (lactones) is 1. The molecular formula is C26H32O3. The first-order valence-electron chi connectivity index (χ1n) is 10.7. The fourth-order valence-electron chi connectivity index (χ4n) is 4.52. The minimum Gasteiger partial charge on any atom is -0.512 e. The van der Waals surface area contributed by atoms with E-state index in [9.17, 15) is 9.90 Å². The van der Waals surface area contributed by atoms with Gasteiger partial charge in [0.1, 0.15) is 11.4 Å². The van der Waals surface area contributed by atoms with Gasteiger partial charge < -0.3 is 9.84 Å². The number of aliphatic hydroxyl groups excluding tert-OH is 1. The Bertz CT molecular complexity index is 869. The fourth-order valence-corrected chi connectivity index (χ4v) is 4.52. The Balaban J connectivity index is 1.87. The van der Waals surface area contributed by atoms with Crippen LogP contribution in [0.2, 0.25) is 0 Å². The molecule has 1 heterocycles. The second-order valence-electron chi connectivity index (χ2n) is 8.22. The van der Waals surface area contributed by atoms with Gasteiger partial charge in [0.05, 0.1) is 5.57 Å². The molecule has 154 valence electrons. The number of hydrogen-bond acceptors (Lipinski definition) is 3. The summed E-state index contributed by atoms with van der Waals surface area (Å²) in [7, 11) is 0. The Kier molecular flexibility index (Phi) is 6.79. The standard InChI is InChI=1S/C26H32O3/c1-4-15-26(16-14-20-11-7-6-8-12-20)18-23(27)24(25(28)29-26)22(5-2)21-13-9-10-19(3)17-21/h6-13,17,22,27H,4-5,14-16,18H2,1-3H3/t22-,26+/m0/s1. The van der Waals surface area contributed by atoms with Crippen LogP contribution in [0.5, 0.6) is 0 Å². The molecule has 0 fully saturated rings. The van der Waals surface area contributed by atoms with E-state index in [0.717, 1.165) is 43.2 Å². The van der Waals surface area contributed by atoms with E-state index < -0.39 is 5.60 Å². The second kappa shape index (κ2) is 9.30. The summed E-state index contributed by atoms with van der Waals surface area (Å²) >= 11 is 0. The van der Waals surface area contributed by atoms with Gasteiger partial charge in [0.15, 0.2) is 0 Å². The van der Waals surface area contributed by atoms with Crippen molar-refractivity contribution in [2.75, 3.05) is 0 Å². The SMILES string of the molecule is CCC[C@@]1(CCc2ccccc2)CC(O)=C([C@@H](CC)c2cccc(C)c2)C(=O)O1. The van der Waals surface area contributed by atoms with Gasteiger partial charge >= 0.3 is 5.97 Å². The first kappa shape index (κ1) is 21.2. The van der Waals surface area contributed by atoms with Crippen molar-refractivity contribution in [2.24, 2.45) is 0 Å². The summed E-state index contributed by atoms with van der Waals surface area (Å²) in [5, 5.41) is 11.0. The second-order valence-corrected chi connectivity index (χ2v) is 8.22. The van der Waals surface area contributed by atoms with Crippen LogP contribution in [0.3, 0.4) is 0 Å². The zero-order valence-electron chi connectivity index (χ0n) is 17.8. The maximum atomic E-state index is 13.1. The van der Waals surface area contributed by atoms with E-state index in [2.05, 4.69) is 25.1 Å². The van der Waals surface area contributed by atoms with Gasteiger partial charge in [0.2, 0.25) is 0 Å². The van der Waals surface area contributed by atoms with E-state index >= 15 is 0 Å². The highest BCUT2D eigenvalue weighted by atomic mass is 16.6. The summed E-state index contributed by atoms with van der Waals surface area (Å²) in [4.78, 5) is 13.1. The minimum absolute atomic E-state index is 0.142. The Morgan fingerprint density at radius 1 is 1.07 bits per heavy atom. The smallest absolute Gasteiger partial charge is 0.338 e. The number of rotatable bonds is 8. The van der Waals surface area contributed by atoms with E-state index in [1.807, 2.05) is 50.2 Å². The number of carbonyl (C=O) groups excluding carboxylic acids is 1. The lowest BCUT2D eigenvalue weighted by Crippen LogP contribution is -2.41. The van der Waals surface area contributed by atoms with E-state index in [4.69, 9.17) is 4.74 Å². The zero-order chi connectivity index (χ0) is 20.9. The third-order valence-electron chi connectivity index (χ3n) is 5.95. The van der Waals surface area contributed by atoms with Crippen LogP contribution in [0.15, 0.2) is 65.9 Å². The van der Waals surface area contributed by atoms with Gasteiger partial charge in [-0.05, 0) is 43.7 Å². The molecule has 1 aliphatic rings. The number of benzene rings is 2. The fraction of sp³-hybridized carbons (Fsp3) is 0.423. The maximum absolute atomic E-state index is 13.1. The topological polar surface area (TPSA) is 46.5 Å². The number of aliphatic hydroxyl groups is 1. The highest BCUT2D eigenvalue weighted by Gasteiger charge is 2.43. The van der Waals surface area contributed by atoms with Crippen molar-refractivity contribution in [1.29, 1.82) is 0 Å². The molecule has 0 aromatic heterocycles. The van der Waals surface area contributed by atoms with Gasteiger partial charge in [-0.25, -0.2) is 4.79 Å². The molecule has 0 aliphatic carbocycles. The van der Waals surface area contributed by atoms with E-state index in [1.165, 1.54) is 5.56 Å². The Morgan fingerprint density at radius 3 is 2.45 bits per heavy atom. The van der Waals surface area contributed by atoms with Crippen molar-refractivity contribution in [3.05, 3.63) is 82.6 Å². The zero-order valence-corrected chi connectivity index (χ0v) is 17.8. The largest absolute Gasteiger partial charge is 0.512 e. The number of aryl methyl sites for hydroxylation is 2. The Hall–Kier alpha value is -2.55. The first-order chi connectivity index (χ1) is 14.0. The molecule has 0 saturated heterocycles. The van der Waals surface area contributed by atoms with Crippen LogP contribution in [0, 0.1) is 6.92 Å². The van der Waals surface area contributed by atoms with Crippen molar-refractivity contribution in [3.8, 4) is 0 Å². The maximum Gasteiger partial charge on any atom is 0.338 e. The van der Waals surface area contributed by atoms with E-state index in [0.29, 0.717) is 12.0 Å². The molecule has 2 aromatic rings. The van der Waals surface area contributed by atoms with E-state index in [-0.39, 0.29) is 17.6 Å². The molecule has 1 aliphatic heterocycles. The summed E-state index contributed by atoms with van der Waals surface area (Å²) in [5.74, 6) is -0.295. The lowest BCUT2D eigenvalue weighted by atomic mass is 9.80. The third kappa shape index (κ3) is 4.90. The van der Waals surface area contributed by atoms with Gasteiger partial charge in [-0.1, -0.05) is 80.4 Å². The van der Waals surface area contributed by atoms with Crippen LogP contribution >= 0.6 is 0 Å². The molecule has 2 atom stereocenters. The van der Waals surface area contributed by atoms with Crippen LogP contribution in [0.25, 0.3) is 0 Å². The van der Waals surface area contributed by atoms with Crippen LogP contribution < -0.4 is 0 Å². The highest BCUT2D eigenvalue weighted by Crippen LogP contribution is 2.41. The summed E-state index contributed by atoms with van der Waals surface area (Å²) in [6, 6.07) is 18.4. The molecular weight excluding hydrogens is 360 g/mol. The highest BCUT2D eigenvalue weighted by molar-refractivity contribution is 5.92. The summed E-state index contributed by atoms with van der Waals surface area (Å²) in [6.45, 7) is 6.18. The normalized spacial score (nSPS) is 20.4. The van der Waals surface area contributed by atoms with Crippen molar-refractivity contribution in [1.82, 2.24) is 0 Å². The van der Waals surface area contributed by atoms with Crippen molar-refractivity contribution in [2.45, 2.75) is 70.8 Å². The van der Waals surface area contributed by atoms with Crippen molar-refractivity contribution >= 4 is 5.97 Å². The predicted octanol–water partition coefficient (Wildman–Crippen LogP) is 6.42. The molecule has 0 spiro atoms. The minimum atomic E-state index is -0.625. The molecule has 1 N–H and O–H groups in total. The molecule has 3 nitrogen and oxygen atoms in total. The van der Waals surface area contributed by atoms with Crippen LogP contribution in [-0.2, 0) is 16.0 Å². The Morgan fingerprint density at radius 2 is 1.83 bits per heavy atom. The number of esters is 1. The van der Waals surface area contributed by atoms with E-state index in [1.54, 1.807) is 0 Å². The number of hydrogen-bond donors (Lipinski definition) is 1. The van der Waals surface area contributed by atoms with Gasteiger partial charge in [0.25, 0.3) is 0 Å². The first-order valence-corrected chi connectivity index (χ1v) is 10.7. The van der Waals surface area contributed by atoms with Gasteiger partial charge in [-0.15, -0.1) is 0 Å². The van der Waals surface area contributed by atoms with Gasteiger partial charge in [-0.2, -0.15) is 0 Å². The summed E-state index contributed by atoms with van der Waals surface area (Å²) < 4.78 is 6.10. The van der Waals surface area contributed by atoms with Crippen molar-refractivity contribution < 1.29 is 14.6 Å². The quantitative estimate of drug-likeness (QED) is 0.527. The number of ether oxygens (including phenoxy) is 1. The third-order valence-corrected chi connectivity index (χ3v) is 5.95. The number of carbonyl (C=O) groups is 1. The van der Waals surface area contributed by atoms with Crippen LogP contribution in [-0.4, -0.2) is 16.7 Å². The summed E-state index contributed by atoms with van der Waals surface area (Å²) in [5.41, 5.74) is 3.23. The molecule has 0 amide bonds.